The van der Waals surface area contributed by atoms with Gasteiger partial charge in [-0.1, -0.05) is 34.6 Å². The van der Waals surface area contributed by atoms with E-state index in [9.17, 15) is 9.59 Å². The highest BCUT2D eigenvalue weighted by molar-refractivity contribution is 5.86. The first-order valence-electron chi connectivity index (χ1n) is 7.63. The Labute approximate surface area is 123 Å². The van der Waals surface area contributed by atoms with E-state index in [1.165, 1.54) is 0 Å². The van der Waals surface area contributed by atoms with Crippen LogP contribution in [0.15, 0.2) is 0 Å². The van der Waals surface area contributed by atoms with Crippen molar-refractivity contribution in [1.29, 1.82) is 0 Å². The largest absolute Gasteiger partial charge is 0.466 e. The van der Waals surface area contributed by atoms with Crippen LogP contribution in [0.2, 0.25) is 0 Å². The summed E-state index contributed by atoms with van der Waals surface area (Å²) in [5.74, 6) is -1.05. The van der Waals surface area contributed by atoms with E-state index >= 15 is 0 Å². The van der Waals surface area contributed by atoms with E-state index in [0.29, 0.717) is 19.6 Å². The Hall–Kier alpha value is -1.06. The molecule has 0 aromatic heterocycles. The Morgan fingerprint density at radius 2 is 1.45 bits per heavy atom. The first-order chi connectivity index (χ1) is 9.29. The first-order valence-corrected chi connectivity index (χ1v) is 7.63. The maximum absolute atomic E-state index is 12.6. The Kier molecular flexibility index (Phi) is 7.84. The fraction of sp³-hybridized carbons (Fsp3) is 0.875. The third kappa shape index (κ3) is 3.74. The van der Waals surface area contributed by atoms with Crippen molar-refractivity contribution in [3.63, 3.8) is 0 Å². The van der Waals surface area contributed by atoms with Crippen LogP contribution in [-0.2, 0) is 19.1 Å². The maximum Gasteiger partial charge on any atom is 0.313 e. The van der Waals surface area contributed by atoms with Gasteiger partial charge >= 0.3 is 11.9 Å². The summed E-state index contributed by atoms with van der Waals surface area (Å²) in [6, 6.07) is 0. The van der Waals surface area contributed by atoms with Crippen molar-refractivity contribution in [3.8, 4) is 0 Å². The average Bonchev–Trinajstić information content (AvgIpc) is 2.34. The van der Waals surface area contributed by atoms with Gasteiger partial charge in [-0.3, -0.25) is 9.59 Å². The number of hydrogen-bond donors (Lipinski definition) is 0. The molecule has 4 heteroatoms. The number of ether oxygens (including phenoxy) is 2. The predicted octanol–water partition coefficient (Wildman–Crippen LogP) is 3.44. The van der Waals surface area contributed by atoms with Gasteiger partial charge in [-0.15, -0.1) is 0 Å². The fourth-order valence-corrected chi connectivity index (χ4v) is 3.07. The number of hydrogen-bond acceptors (Lipinski definition) is 4. The highest BCUT2D eigenvalue weighted by Gasteiger charge is 2.53. The third-order valence-electron chi connectivity index (χ3n) is 4.03. The molecule has 0 aromatic carbocycles. The van der Waals surface area contributed by atoms with Gasteiger partial charge in [0.05, 0.1) is 24.5 Å². The summed E-state index contributed by atoms with van der Waals surface area (Å²) in [4.78, 5) is 24.9. The van der Waals surface area contributed by atoms with Gasteiger partial charge in [0.2, 0.25) is 0 Å². The quantitative estimate of drug-likeness (QED) is 0.641. The molecule has 0 aliphatic rings. The second-order valence-electron chi connectivity index (χ2n) is 5.74. The average molecular weight is 286 g/mol. The molecular formula is C16H30O4. The van der Waals surface area contributed by atoms with Crippen molar-refractivity contribution in [3.05, 3.63) is 0 Å². The second kappa shape index (κ2) is 8.28. The monoisotopic (exact) mass is 286 g/mol. The van der Waals surface area contributed by atoms with E-state index in [-0.39, 0.29) is 23.8 Å². The summed E-state index contributed by atoms with van der Waals surface area (Å²) in [5, 5.41) is 0. The van der Waals surface area contributed by atoms with Crippen LogP contribution in [0, 0.1) is 23.2 Å². The molecule has 2 unspecified atom stereocenters. The van der Waals surface area contributed by atoms with Gasteiger partial charge < -0.3 is 9.47 Å². The van der Waals surface area contributed by atoms with Crippen LogP contribution >= 0.6 is 0 Å². The van der Waals surface area contributed by atoms with Crippen LogP contribution in [0.25, 0.3) is 0 Å². The summed E-state index contributed by atoms with van der Waals surface area (Å²) in [6.07, 6.45) is 0.561. The minimum atomic E-state index is -0.823. The topological polar surface area (TPSA) is 52.6 Å². The summed E-state index contributed by atoms with van der Waals surface area (Å²) in [5.41, 5.74) is -0.823. The molecule has 0 rings (SSSR count). The molecular weight excluding hydrogens is 256 g/mol. The Morgan fingerprint density at radius 1 is 0.950 bits per heavy atom. The second-order valence-corrected chi connectivity index (χ2v) is 5.74. The summed E-state index contributed by atoms with van der Waals surface area (Å²) < 4.78 is 10.5. The molecule has 0 saturated carbocycles. The zero-order valence-electron chi connectivity index (χ0n) is 14.0. The zero-order valence-corrected chi connectivity index (χ0v) is 14.0. The van der Waals surface area contributed by atoms with Crippen molar-refractivity contribution >= 4 is 11.9 Å². The first kappa shape index (κ1) is 18.9. The third-order valence-corrected chi connectivity index (χ3v) is 4.03. The maximum atomic E-state index is 12.6. The molecule has 0 radical (unpaired) electrons. The van der Waals surface area contributed by atoms with Gasteiger partial charge in [-0.05, 0) is 32.1 Å². The highest BCUT2D eigenvalue weighted by atomic mass is 16.5. The molecule has 0 aliphatic carbocycles. The normalized spacial score (nSPS) is 15.8. The molecule has 0 heterocycles. The minimum absolute atomic E-state index is 0.00311. The van der Waals surface area contributed by atoms with E-state index < -0.39 is 11.3 Å². The SMILES string of the molecule is CCOC(=O)C(C(C)C)C(CC)(C(=O)OCC)C(C)C. The van der Waals surface area contributed by atoms with Crippen LogP contribution in [0.5, 0.6) is 0 Å². The van der Waals surface area contributed by atoms with E-state index in [0.717, 1.165) is 0 Å². The van der Waals surface area contributed by atoms with E-state index in [1.54, 1.807) is 13.8 Å². The number of rotatable bonds is 8. The molecule has 0 aliphatic heterocycles. The smallest absolute Gasteiger partial charge is 0.313 e. The van der Waals surface area contributed by atoms with Gasteiger partial charge in [0.15, 0.2) is 0 Å². The van der Waals surface area contributed by atoms with Crippen molar-refractivity contribution in [1.82, 2.24) is 0 Å². The highest BCUT2D eigenvalue weighted by Crippen LogP contribution is 2.45. The fourth-order valence-electron chi connectivity index (χ4n) is 3.07. The molecule has 20 heavy (non-hydrogen) atoms. The molecule has 4 nitrogen and oxygen atoms in total. The molecule has 2 atom stereocenters. The molecule has 0 N–H and O–H groups in total. The molecule has 118 valence electrons. The van der Waals surface area contributed by atoms with Crippen molar-refractivity contribution in [2.45, 2.75) is 54.9 Å². The van der Waals surface area contributed by atoms with Crippen molar-refractivity contribution in [2.75, 3.05) is 13.2 Å². The van der Waals surface area contributed by atoms with Crippen molar-refractivity contribution in [2.24, 2.45) is 23.2 Å². The van der Waals surface area contributed by atoms with Gasteiger partial charge in [0.1, 0.15) is 0 Å². The molecule has 0 bridgehead atoms. The Morgan fingerprint density at radius 3 is 1.75 bits per heavy atom. The lowest BCUT2D eigenvalue weighted by Gasteiger charge is -2.41. The summed E-state index contributed by atoms with van der Waals surface area (Å²) in [6.45, 7) is 14.0. The van der Waals surface area contributed by atoms with Gasteiger partial charge in [0.25, 0.3) is 0 Å². The van der Waals surface area contributed by atoms with E-state index in [4.69, 9.17) is 9.47 Å². The summed E-state index contributed by atoms with van der Waals surface area (Å²) in [7, 11) is 0. The van der Waals surface area contributed by atoms with Gasteiger partial charge in [-0.2, -0.15) is 0 Å². The number of carbonyl (C=O) groups is 2. The lowest BCUT2D eigenvalue weighted by molar-refractivity contribution is -0.177. The molecule has 0 amide bonds. The van der Waals surface area contributed by atoms with Crippen LogP contribution in [0.3, 0.4) is 0 Å². The number of carbonyl (C=O) groups excluding carboxylic acids is 2. The lowest BCUT2D eigenvalue weighted by Crippen LogP contribution is -2.49. The molecule has 0 spiro atoms. The lowest BCUT2D eigenvalue weighted by atomic mass is 9.62. The number of esters is 2. The Balaban J connectivity index is 5.76. The zero-order chi connectivity index (χ0) is 15.9. The standard InChI is InChI=1S/C16H30O4/c1-8-16(12(6)7,15(18)20-10-3)13(11(4)5)14(17)19-9-2/h11-13H,8-10H2,1-7H3. The van der Waals surface area contributed by atoms with Crippen molar-refractivity contribution < 1.29 is 19.1 Å². The van der Waals surface area contributed by atoms with Crippen LogP contribution < -0.4 is 0 Å². The molecule has 0 aromatic rings. The summed E-state index contributed by atoms with van der Waals surface area (Å²) >= 11 is 0. The molecule has 0 fully saturated rings. The van der Waals surface area contributed by atoms with Crippen LogP contribution in [0.4, 0.5) is 0 Å². The molecule has 0 saturated heterocycles. The Bertz CT molecular complexity index is 322. The van der Waals surface area contributed by atoms with E-state index in [2.05, 4.69) is 0 Å². The van der Waals surface area contributed by atoms with Crippen LogP contribution in [-0.4, -0.2) is 25.2 Å². The van der Waals surface area contributed by atoms with Gasteiger partial charge in [-0.25, -0.2) is 0 Å². The van der Waals surface area contributed by atoms with Crippen LogP contribution in [0.1, 0.15) is 54.9 Å². The predicted molar refractivity (Wildman–Crippen MR) is 79.2 cm³/mol. The van der Waals surface area contributed by atoms with E-state index in [1.807, 2.05) is 34.6 Å². The van der Waals surface area contributed by atoms with Gasteiger partial charge in [0, 0.05) is 0 Å². The minimum Gasteiger partial charge on any atom is -0.466 e.